The minimum absolute atomic E-state index is 0.225. The van der Waals surface area contributed by atoms with E-state index in [1.807, 2.05) is 0 Å². The molecule has 2 fully saturated rings. The van der Waals surface area contributed by atoms with Gasteiger partial charge in [0.15, 0.2) is 0 Å². The Bertz CT molecular complexity index is 486. The Hall–Kier alpha value is -0.610. The molecule has 0 spiro atoms. The Balaban J connectivity index is 1.59. The van der Waals surface area contributed by atoms with Gasteiger partial charge in [0.1, 0.15) is 0 Å². The van der Waals surface area contributed by atoms with Gasteiger partial charge in [0.2, 0.25) is 0 Å². The lowest BCUT2D eigenvalue weighted by Crippen LogP contribution is -2.39. The number of carboxylic acids is 1. The number of carbonyl (C=O) groups is 1. The number of carboxylic acid groups (broad SMARTS) is 1. The molecule has 1 aromatic rings. The summed E-state index contributed by atoms with van der Waals surface area (Å²) in [5.74, 6) is 1.61. The van der Waals surface area contributed by atoms with Crippen LogP contribution in [-0.4, -0.2) is 18.0 Å². The van der Waals surface area contributed by atoms with Gasteiger partial charge in [0, 0.05) is 27.4 Å². The predicted octanol–water partition coefficient (Wildman–Crippen LogP) is 2.91. The van der Waals surface area contributed by atoms with Crippen LogP contribution in [0.15, 0.2) is 34.1 Å². The number of hydrogen-bond acceptors (Lipinski definition) is 4. The fourth-order valence-electron chi connectivity index (χ4n) is 3.31. The van der Waals surface area contributed by atoms with Crippen molar-refractivity contribution in [3.8, 4) is 0 Å². The van der Waals surface area contributed by atoms with Crippen molar-refractivity contribution in [3.63, 3.8) is 0 Å². The maximum absolute atomic E-state index is 11.3. The molecule has 1 aromatic carbocycles. The maximum Gasteiger partial charge on any atom is 0.0448 e. The zero-order valence-corrected chi connectivity index (χ0v) is 13.2. The largest absolute Gasteiger partial charge is 0.550 e. The lowest BCUT2D eigenvalue weighted by Gasteiger charge is -2.31. The van der Waals surface area contributed by atoms with Gasteiger partial charge in [-0.15, -0.1) is 23.5 Å². The van der Waals surface area contributed by atoms with Crippen molar-refractivity contribution >= 4 is 29.5 Å². The zero-order valence-electron chi connectivity index (χ0n) is 11.6. The van der Waals surface area contributed by atoms with Gasteiger partial charge in [-0.1, -0.05) is 0 Å². The summed E-state index contributed by atoms with van der Waals surface area (Å²) in [6.45, 7) is 0. The fraction of sp³-hybridized carbons (Fsp3) is 0.562. The van der Waals surface area contributed by atoms with E-state index in [4.69, 9.17) is 0 Å². The highest BCUT2D eigenvalue weighted by molar-refractivity contribution is 7.99. The lowest BCUT2D eigenvalue weighted by molar-refractivity contribution is -0.314. The summed E-state index contributed by atoms with van der Waals surface area (Å²) >= 11 is 3.53. The van der Waals surface area contributed by atoms with E-state index >= 15 is 0 Å². The molecule has 4 heteroatoms. The molecule has 108 valence electrons. The van der Waals surface area contributed by atoms with E-state index in [9.17, 15) is 9.90 Å². The van der Waals surface area contributed by atoms with Gasteiger partial charge in [-0.3, -0.25) is 0 Å². The van der Waals surface area contributed by atoms with Crippen molar-refractivity contribution in [2.24, 2.45) is 23.7 Å². The molecule has 3 rings (SSSR count). The van der Waals surface area contributed by atoms with Crippen molar-refractivity contribution in [2.45, 2.75) is 29.1 Å². The second-order valence-corrected chi connectivity index (χ2v) is 7.87. The lowest BCUT2D eigenvalue weighted by atomic mass is 9.80. The average molecular weight is 307 g/mol. The summed E-state index contributed by atoms with van der Waals surface area (Å²) in [7, 11) is 0. The van der Waals surface area contributed by atoms with Crippen LogP contribution in [0, 0.1) is 23.7 Å². The van der Waals surface area contributed by atoms with Crippen LogP contribution in [0.2, 0.25) is 0 Å². The van der Waals surface area contributed by atoms with Crippen molar-refractivity contribution in [1.29, 1.82) is 0 Å². The smallest absolute Gasteiger partial charge is 0.0448 e. The van der Waals surface area contributed by atoms with Gasteiger partial charge in [-0.05, 0) is 67.5 Å². The van der Waals surface area contributed by atoms with E-state index in [1.165, 1.54) is 16.2 Å². The molecule has 0 heterocycles. The van der Waals surface area contributed by atoms with E-state index in [0.29, 0.717) is 5.92 Å². The second-order valence-electron chi connectivity index (χ2n) is 5.90. The highest BCUT2D eigenvalue weighted by Crippen LogP contribution is 2.54. The number of rotatable bonds is 5. The molecule has 4 atom stereocenters. The average Bonchev–Trinajstić information content (AvgIpc) is 3.22. The van der Waals surface area contributed by atoms with Crippen LogP contribution in [0.1, 0.15) is 19.3 Å². The van der Waals surface area contributed by atoms with Crippen LogP contribution in [0.5, 0.6) is 0 Å². The van der Waals surface area contributed by atoms with E-state index in [0.717, 1.165) is 24.5 Å². The van der Waals surface area contributed by atoms with Crippen molar-refractivity contribution in [3.05, 3.63) is 24.3 Å². The van der Waals surface area contributed by atoms with Crippen LogP contribution < -0.4 is 5.11 Å². The summed E-state index contributed by atoms with van der Waals surface area (Å²) in [6.07, 6.45) is 5.25. The van der Waals surface area contributed by atoms with Gasteiger partial charge < -0.3 is 9.90 Å². The summed E-state index contributed by atoms with van der Waals surface area (Å²) in [5, 5.41) is 11.3. The van der Waals surface area contributed by atoms with Crippen molar-refractivity contribution in [1.82, 2.24) is 0 Å². The van der Waals surface area contributed by atoms with Gasteiger partial charge >= 0.3 is 0 Å². The number of fused-ring (bicyclic) bond motifs is 1. The first-order valence-corrected chi connectivity index (χ1v) is 9.36. The first-order chi connectivity index (χ1) is 9.67. The van der Waals surface area contributed by atoms with E-state index in [2.05, 4.69) is 30.5 Å². The Labute approximate surface area is 128 Å². The van der Waals surface area contributed by atoms with Gasteiger partial charge in [0.25, 0.3) is 0 Å². The number of benzene rings is 1. The minimum Gasteiger partial charge on any atom is -0.550 e. The standard InChI is InChI=1S/C16H20O2S2/c1-19-13-2-4-14(5-3-13)20-9-12-7-10-6-11(10)8-15(12)16(17)18/h2-5,10-12,15H,6-9H2,1H3,(H,17,18)/p-1. The van der Waals surface area contributed by atoms with Gasteiger partial charge in [0.05, 0.1) is 0 Å². The Morgan fingerprint density at radius 1 is 1.15 bits per heavy atom. The summed E-state index contributed by atoms with van der Waals surface area (Å²) < 4.78 is 0. The molecule has 0 aliphatic heterocycles. The predicted molar refractivity (Wildman–Crippen MR) is 81.8 cm³/mol. The summed E-state index contributed by atoms with van der Waals surface area (Å²) in [5.41, 5.74) is 0. The first kappa shape index (κ1) is 14.3. The normalized spacial score (nSPS) is 31.6. The van der Waals surface area contributed by atoms with E-state index < -0.39 is 5.97 Å². The molecular formula is C16H19O2S2-. The Kier molecular flexibility index (Phi) is 4.32. The summed E-state index contributed by atoms with van der Waals surface area (Å²) in [4.78, 5) is 13.8. The number of thioether (sulfide) groups is 2. The van der Waals surface area contributed by atoms with Crippen molar-refractivity contribution in [2.75, 3.05) is 12.0 Å². The topological polar surface area (TPSA) is 40.1 Å². The monoisotopic (exact) mass is 307 g/mol. The molecule has 0 bridgehead atoms. The molecule has 0 saturated heterocycles. The SMILES string of the molecule is CSc1ccc(SCC2CC3CC3CC2C(=O)[O-])cc1. The Morgan fingerprint density at radius 2 is 1.80 bits per heavy atom. The van der Waals surface area contributed by atoms with Crippen LogP contribution in [-0.2, 0) is 4.79 Å². The fourth-order valence-corrected chi connectivity index (χ4v) is 4.82. The minimum atomic E-state index is -0.835. The van der Waals surface area contributed by atoms with Crippen LogP contribution in [0.4, 0.5) is 0 Å². The third-order valence-electron chi connectivity index (χ3n) is 4.63. The molecule has 0 aromatic heterocycles. The molecular weight excluding hydrogens is 288 g/mol. The number of hydrogen-bond donors (Lipinski definition) is 0. The molecule has 2 saturated carbocycles. The third-order valence-corrected chi connectivity index (χ3v) is 6.57. The van der Waals surface area contributed by atoms with Crippen LogP contribution in [0.25, 0.3) is 0 Å². The molecule has 0 N–H and O–H groups in total. The van der Waals surface area contributed by atoms with Crippen LogP contribution in [0.3, 0.4) is 0 Å². The van der Waals surface area contributed by atoms with Crippen LogP contribution >= 0.6 is 23.5 Å². The molecule has 2 aliphatic carbocycles. The zero-order chi connectivity index (χ0) is 14.1. The first-order valence-electron chi connectivity index (χ1n) is 7.15. The second kappa shape index (κ2) is 6.02. The molecule has 4 unspecified atom stereocenters. The third kappa shape index (κ3) is 3.17. The molecule has 2 aliphatic rings. The Morgan fingerprint density at radius 3 is 2.45 bits per heavy atom. The highest BCUT2D eigenvalue weighted by Gasteiger charge is 2.46. The van der Waals surface area contributed by atoms with Gasteiger partial charge in [-0.2, -0.15) is 0 Å². The number of aliphatic carboxylic acids is 1. The molecule has 0 amide bonds. The van der Waals surface area contributed by atoms with E-state index in [1.54, 1.807) is 23.5 Å². The van der Waals surface area contributed by atoms with Gasteiger partial charge in [-0.25, -0.2) is 0 Å². The summed E-state index contributed by atoms with van der Waals surface area (Å²) in [6, 6.07) is 8.52. The maximum atomic E-state index is 11.3. The van der Waals surface area contributed by atoms with Crippen molar-refractivity contribution < 1.29 is 9.90 Å². The molecule has 0 radical (unpaired) electrons. The molecule has 2 nitrogen and oxygen atoms in total. The molecule has 20 heavy (non-hydrogen) atoms. The highest BCUT2D eigenvalue weighted by atomic mass is 32.2. The van der Waals surface area contributed by atoms with E-state index in [-0.39, 0.29) is 11.8 Å². The quantitative estimate of drug-likeness (QED) is 0.784. The number of carbonyl (C=O) groups excluding carboxylic acids is 1.